The molecule has 17 heteroatoms. The molecule has 0 aromatic carbocycles. The predicted octanol–water partition coefficient (Wildman–Crippen LogP) is 3.29. The molecule has 0 aromatic heterocycles. The Balaban J connectivity index is 5.56. The van der Waals surface area contributed by atoms with Gasteiger partial charge >= 0.3 is 33.8 Å². The summed E-state index contributed by atoms with van der Waals surface area (Å²) in [6, 6.07) is 0. The van der Waals surface area contributed by atoms with Crippen molar-refractivity contribution in [1.29, 1.82) is 0 Å². The molecule has 0 fully saturated rings. The monoisotopic (exact) mass is 412 g/mol. The molecule has 0 spiro atoms. The van der Waals surface area contributed by atoms with Gasteiger partial charge in [0.2, 0.25) is 0 Å². The molecule has 0 saturated heterocycles. The van der Waals surface area contributed by atoms with E-state index in [4.69, 9.17) is 0 Å². The first kappa shape index (κ1) is 23.0. The number of hydrogen-bond acceptors (Lipinski definition) is 4. The van der Waals surface area contributed by atoms with E-state index in [2.05, 4.69) is 8.92 Å². The van der Waals surface area contributed by atoms with E-state index in [1.54, 1.807) is 0 Å². The Hall–Kier alpha value is -0.970. The minimum atomic E-state index is -6.89. The van der Waals surface area contributed by atoms with Crippen LogP contribution in [0.1, 0.15) is 0 Å². The Kier molecular flexibility index (Phi) is 6.46. The van der Waals surface area contributed by atoms with Crippen LogP contribution in [0.25, 0.3) is 0 Å². The lowest BCUT2D eigenvalue weighted by Crippen LogP contribution is -2.55. The summed E-state index contributed by atoms with van der Waals surface area (Å²) in [5.41, 5.74) is -6.37. The van der Waals surface area contributed by atoms with Crippen LogP contribution >= 0.6 is 0 Å². The van der Waals surface area contributed by atoms with Gasteiger partial charge < -0.3 is 0 Å². The van der Waals surface area contributed by atoms with Gasteiger partial charge in [-0.15, -0.1) is 0 Å². The molecule has 0 saturated carbocycles. The van der Waals surface area contributed by atoms with Crippen molar-refractivity contribution >= 4 is 10.1 Å². The van der Waals surface area contributed by atoms with Crippen molar-refractivity contribution in [2.45, 2.75) is 36.2 Å². The summed E-state index contributed by atoms with van der Waals surface area (Å²) >= 11 is 0. The van der Waals surface area contributed by atoms with Gasteiger partial charge in [0.25, 0.3) is 12.6 Å². The molecule has 0 aromatic rings. The zero-order valence-electron chi connectivity index (χ0n) is 10.4. The highest BCUT2D eigenvalue weighted by atomic mass is 32.2. The Bertz CT molecular complexity index is 525. The number of halogens is 12. The average molecular weight is 412 g/mol. The molecule has 0 bridgehead atoms. The molecule has 0 N–H and O–H groups in total. The summed E-state index contributed by atoms with van der Waals surface area (Å²) in [5, 5.41) is 0. The number of alkyl halides is 12. The molecule has 24 heavy (non-hydrogen) atoms. The van der Waals surface area contributed by atoms with Crippen LogP contribution in [0.3, 0.4) is 0 Å². The van der Waals surface area contributed by atoms with E-state index < -0.39 is 53.0 Å². The molecular formula is C7H4F12O4S. The van der Waals surface area contributed by atoms with Gasteiger partial charge in [-0.1, -0.05) is 0 Å². The molecule has 0 rings (SSSR count). The van der Waals surface area contributed by atoms with E-state index in [0.29, 0.717) is 0 Å². The lowest BCUT2D eigenvalue weighted by Gasteiger charge is -2.32. The molecule has 4 nitrogen and oxygen atoms in total. The van der Waals surface area contributed by atoms with E-state index in [1.807, 2.05) is 0 Å². The second-order valence-corrected chi connectivity index (χ2v) is 5.40. The van der Waals surface area contributed by atoms with Gasteiger partial charge in [0, 0.05) is 0 Å². The third-order valence-electron chi connectivity index (χ3n) is 1.95. The van der Waals surface area contributed by atoms with Crippen molar-refractivity contribution in [3.8, 4) is 0 Å². The van der Waals surface area contributed by atoms with Crippen LogP contribution in [0.5, 0.6) is 0 Å². The maximum Gasteiger partial charge on any atom is 0.523 e. The van der Waals surface area contributed by atoms with Gasteiger partial charge in [0.15, 0.2) is 0 Å². The normalized spacial score (nSPS) is 18.5. The number of ether oxygens (including phenoxy) is 1. The van der Waals surface area contributed by atoms with E-state index >= 15 is 0 Å². The van der Waals surface area contributed by atoms with E-state index in [0.717, 1.165) is 0 Å². The van der Waals surface area contributed by atoms with Crippen LogP contribution < -0.4 is 0 Å². The van der Waals surface area contributed by atoms with Crippen LogP contribution in [0, 0.1) is 0 Å². The first-order valence-electron chi connectivity index (χ1n) is 4.98. The maximum absolute atomic E-state index is 13.3. The lowest BCUT2D eigenvalue weighted by molar-refractivity contribution is -0.430. The van der Waals surface area contributed by atoms with Crippen LogP contribution in [-0.4, -0.2) is 51.3 Å². The highest BCUT2D eigenvalue weighted by Crippen LogP contribution is 2.42. The topological polar surface area (TPSA) is 52.6 Å². The van der Waals surface area contributed by atoms with Crippen molar-refractivity contribution in [3.05, 3.63) is 0 Å². The van der Waals surface area contributed by atoms with Crippen LogP contribution in [0.4, 0.5) is 52.7 Å². The smallest absolute Gasteiger partial charge is 0.270 e. The third kappa shape index (κ3) is 5.27. The van der Waals surface area contributed by atoms with Crippen molar-refractivity contribution in [1.82, 2.24) is 0 Å². The summed E-state index contributed by atoms with van der Waals surface area (Å²) in [7, 11) is -6.89. The fourth-order valence-electron chi connectivity index (χ4n) is 0.808. The Morgan fingerprint density at radius 1 is 0.833 bits per heavy atom. The molecule has 0 heterocycles. The van der Waals surface area contributed by atoms with Gasteiger partial charge in [0.1, 0.15) is 6.61 Å². The van der Waals surface area contributed by atoms with E-state index in [9.17, 15) is 61.1 Å². The van der Waals surface area contributed by atoms with Gasteiger partial charge in [-0.05, 0) is 0 Å². The second kappa shape index (κ2) is 6.74. The van der Waals surface area contributed by atoms with E-state index in [-0.39, 0.29) is 0 Å². The summed E-state index contributed by atoms with van der Waals surface area (Å²) < 4.78 is 172. The average Bonchev–Trinajstić information content (AvgIpc) is 2.32. The molecular weight excluding hydrogens is 408 g/mol. The third-order valence-corrected chi connectivity index (χ3v) is 2.94. The number of rotatable bonds is 7. The minimum Gasteiger partial charge on any atom is -0.270 e. The van der Waals surface area contributed by atoms with Crippen LogP contribution in [-0.2, 0) is 19.0 Å². The summed E-state index contributed by atoms with van der Waals surface area (Å²) in [4.78, 5) is 0. The Labute approximate surface area is 124 Å². The molecule has 2 atom stereocenters. The summed E-state index contributed by atoms with van der Waals surface area (Å²) in [6.07, 6.45) is -22.4. The molecule has 0 aliphatic heterocycles. The van der Waals surface area contributed by atoms with E-state index in [1.165, 1.54) is 0 Å². The Morgan fingerprint density at radius 2 is 1.25 bits per heavy atom. The predicted molar refractivity (Wildman–Crippen MR) is 47.8 cm³/mol. The molecule has 0 aliphatic carbocycles. The van der Waals surface area contributed by atoms with Gasteiger partial charge in [-0.25, -0.2) is 13.2 Å². The second-order valence-electron chi connectivity index (χ2n) is 3.79. The van der Waals surface area contributed by atoms with Crippen molar-refractivity contribution in [2.75, 3.05) is 6.61 Å². The quantitative estimate of drug-likeness (QED) is 0.366. The zero-order valence-corrected chi connectivity index (χ0v) is 11.3. The van der Waals surface area contributed by atoms with Gasteiger partial charge in [-0.2, -0.15) is 47.9 Å². The standard InChI is InChI=1S/C7H4F12O4S/c8-2(3(9)10)5(12,13)23-4(11,6(14,15)16)1-22-24(20,21)7(17,18)19/h2-3H,1H2. The Morgan fingerprint density at radius 3 is 1.54 bits per heavy atom. The van der Waals surface area contributed by atoms with Gasteiger partial charge in [0.05, 0.1) is 0 Å². The molecule has 0 amide bonds. The molecule has 0 aliphatic rings. The first-order valence-corrected chi connectivity index (χ1v) is 6.39. The van der Waals surface area contributed by atoms with Gasteiger partial charge in [-0.3, -0.25) is 8.92 Å². The summed E-state index contributed by atoms with van der Waals surface area (Å²) in [5.74, 6) is -6.06. The van der Waals surface area contributed by atoms with Crippen LogP contribution in [0.2, 0.25) is 0 Å². The first-order chi connectivity index (χ1) is 10.3. The molecule has 146 valence electrons. The highest BCUT2D eigenvalue weighted by Gasteiger charge is 2.66. The lowest BCUT2D eigenvalue weighted by atomic mass is 10.3. The maximum atomic E-state index is 13.3. The van der Waals surface area contributed by atoms with Crippen molar-refractivity contribution < 1.29 is 70.0 Å². The molecule has 2 unspecified atom stereocenters. The number of hydrogen-bond donors (Lipinski definition) is 0. The zero-order chi connectivity index (χ0) is 19.8. The molecule has 0 radical (unpaired) electrons. The van der Waals surface area contributed by atoms with Crippen LogP contribution in [0.15, 0.2) is 0 Å². The fourth-order valence-corrected chi connectivity index (χ4v) is 1.25. The van der Waals surface area contributed by atoms with Crippen molar-refractivity contribution in [2.24, 2.45) is 0 Å². The van der Waals surface area contributed by atoms with Crippen molar-refractivity contribution in [3.63, 3.8) is 0 Å². The highest BCUT2D eigenvalue weighted by molar-refractivity contribution is 7.87. The SMILES string of the molecule is O=S(=O)(OCC(F)(OC(F)(F)C(F)C(F)F)C(F)(F)F)C(F)(F)F. The fraction of sp³-hybridized carbons (Fsp3) is 1.00. The minimum absolute atomic E-state index is 2.18. The largest absolute Gasteiger partial charge is 0.523 e. The summed E-state index contributed by atoms with van der Waals surface area (Å²) in [6.45, 7) is -3.40.